The number of Topliss-reactive ketones (excluding diaryl/α,β-unsaturated/α-hetero) is 1. The lowest BCUT2D eigenvalue weighted by atomic mass is 10.1. The number of hydrogen-bond acceptors (Lipinski definition) is 3. The van der Waals surface area contributed by atoms with Crippen molar-refractivity contribution in [2.75, 3.05) is 5.32 Å². The molecule has 0 bridgehead atoms. The zero-order valence-electron chi connectivity index (χ0n) is 12.8. The summed E-state index contributed by atoms with van der Waals surface area (Å²) in [5.41, 5.74) is 2.36. The Balaban J connectivity index is 1.94. The number of hydrogen-bond donors (Lipinski definition) is 1. The van der Waals surface area contributed by atoms with Crippen LogP contribution in [0.5, 0.6) is 0 Å². The van der Waals surface area contributed by atoms with Crippen LogP contribution in [0.2, 0.25) is 5.02 Å². The molecule has 1 aromatic carbocycles. The van der Waals surface area contributed by atoms with E-state index in [0.717, 1.165) is 20.9 Å². The fourth-order valence-corrected chi connectivity index (χ4v) is 3.33. The number of aryl methyl sites for hydroxylation is 3. The zero-order valence-corrected chi connectivity index (χ0v) is 14.4. The number of rotatable bonds is 5. The van der Waals surface area contributed by atoms with Crippen LogP contribution in [0.3, 0.4) is 0 Å². The van der Waals surface area contributed by atoms with Gasteiger partial charge in [-0.2, -0.15) is 0 Å². The standard InChI is InChI=1S/C17H18ClNO2S/c1-10-4-5-13(18)9-15(10)19-17(21)7-6-16(20)14-8-11(2)22-12(14)3/h4-5,8-9H,6-7H2,1-3H3,(H,19,21). The SMILES string of the molecule is Cc1cc(C(=O)CCC(=O)Nc2cc(Cl)ccc2C)c(C)s1. The summed E-state index contributed by atoms with van der Waals surface area (Å²) in [6.07, 6.45) is 0.377. The second kappa shape index (κ2) is 7.07. The highest BCUT2D eigenvalue weighted by Crippen LogP contribution is 2.23. The van der Waals surface area contributed by atoms with Gasteiger partial charge in [0.25, 0.3) is 0 Å². The molecule has 0 unspecified atom stereocenters. The van der Waals surface area contributed by atoms with E-state index < -0.39 is 0 Å². The molecule has 1 N–H and O–H groups in total. The molecule has 22 heavy (non-hydrogen) atoms. The maximum absolute atomic E-state index is 12.2. The van der Waals surface area contributed by atoms with Crippen molar-refractivity contribution in [3.63, 3.8) is 0 Å². The van der Waals surface area contributed by atoms with E-state index in [0.29, 0.717) is 10.7 Å². The van der Waals surface area contributed by atoms with Crippen molar-refractivity contribution in [2.24, 2.45) is 0 Å². The predicted octanol–water partition coefficient (Wildman–Crippen LogP) is 4.93. The van der Waals surface area contributed by atoms with Crippen molar-refractivity contribution >= 4 is 40.3 Å². The van der Waals surface area contributed by atoms with Gasteiger partial charge in [0, 0.05) is 38.9 Å². The van der Waals surface area contributed by atoms with Crippen molar-refractivity contribution in [3.8, 4) is 0 Å². The molecular weight excluding hydrogens is 318 g/mol. The molecular formula is C17H18ClNO2S. The van der Waals surface area contributed by atoms with Gasteiger partial charge in [0.15, 0.2) is 5.78 Å². The van der Waals surface area contributed by atoms with Gasteiger partial charge in [0.2, 0.25) is 5.91 Å². The number of halogens is 1. The Hall–Kier alpha value is -1.65. The van der Waals surface area contributed by atoms with E-state index in [9.17, 15) is 9.59 Å². The van der Waals surface area contributed by atoms with Crippen molar-refractivity contribution in [1.82, 2.24) is 0 Å². The minimum absolute atomic E-state index is 0.0137. The maximum Gasteiger partial charge on any atom is 0.224 e. The first-order chi connectivity index (χ1) is 10.4. The molecule has 0 saturated carbocycles. The first kappa shape index (κ1) is 16.7. The van der Waals surface area contributed by atoms with Crippen molar-refractivity contribution in [3.05, 3.63) is 50.2 Å². The second-order valence-corrected chi connectivity index (χ2v) is 7.15. The highest BCUT2D eigenvalue weighted by atomic mass is 35.5. The summed E-state index contributed by atoms with van der Waals surface area (Å²) in [7, 11) is 0. The summed E-state index contributed by atoms with van der Waals surface area (Å²) >= 11 is 7.53. The quantitative estimate of drug-likeness (QED) is 0.787. The van der Waals surface area contributed by atoms with Crippen molar-refractivity contribution in [2.45, 2.75) is 33.6 Å². The van der Waals surface area contributed by atoms with Gasteiger partial charge >= 0.3 is 0 Å². The van der Waals surface area contributed by atoms with E-state index >= 15 is 0 Å². The summed E-state index contributed by atoms with van der Waals surface area (Å²) in [4.78, 5) is 26.3. The highest BCUT2D eigenvalue weighted by Gasteiger charge is 2.14. The summed E-state index contributed by atoms with van der Waals surface area (Å²) in [6, 6.07) is 7.22. The number of nitrogens with one attached hydrogen (secondary N) is 1. The number of amides is 1. The van der Waals surface area contributed by atoms with Gasteiger partial charge in [-0.1, -0.05) is 17.7 Å². The molecule has 0 fully saturated rings. The zero-order chi connectivity index (χ0) is 16.3. The molecule has 0 aliphatic rings. The Morgan fingerprint density at radius 3 is 2.50 bits per heavy atom. The Labute approximate surface area is 139 Å². The maximum atomic E-state index is 12.2. The van der Waals surface area contributed by atoms with Crippen LogP contribution >= 0.6 is 22.9 Å². The molecule has 5 heteroatoms. The molecule has 0 aliphatic carbocycles. The Morgan fingerprint density at radius 1 is 1.14 bits per heavy atom. The monoisotopic (exact) mass is 335 g/mol. The first-order valence-electron chi connectivity index (χ1n) is 7.03. The van der Waals surface area contributed by atoms with Crippen LogP contribution in [0.1, 0.15) is 38.5 Å². The summed E-state index contributed by atoms with van der Waals surface area (Å²) < 4.78 is 0. The predicted molar refractivity (Wildman–Crippen MR) is 92.2 cm³/mol. The second-order valence-electron chi connectivity index (χ2n) is 5.26. The lowest BCUT2D eigenvalue weighted by Gasteiger charge is -2.08. The van der Waals surface area contributed by atoms with Crippen LogP contribution < -0.4 is 5.32 Å². The normalized spacial score (nSPS) is 10.5. The fraction of sp³-hybridized carbons (Fsp3) is 0.294. The smallest absolute Gasteiger partial charge is 0.224 e. The van der Waals surface area contributed by atoms with E-state index in [1.54, 1.807) is 23.5 Å². The average Bonchev–Trinajstić information content (AvgIpc) is 2.79. The van der Waals surface area contributed by atoms with E-state index in [4.69, 9.17) is 11.6 Å². The van der Waals surface area contributed by atoms with Crippen LogP contribution in [0, 0.1) is 20.8 Å². The number of benzene rings is 1. The van der Waals surface area contributed by atoms with Gasteiger partial charge in [-0.15, -0.1) is 11.3 Å². The van der Waals surface area contributed by atoms with Gasteiger partial charge in [-0.25, -0.2) is 0 Å². The third kappa shape index (κ3) is 4.18. The third-order valence-corrected chi connectivity index (χ3v) is 4.60. The molecule has 116 valence electrons. The number of anilines is 1. The van der Waals surface area contributed by atoms with Gasteiger partial charge in [0.1, 0.15) is 0 Å². The van der Waals surface area contributed by atoms with Gasteiger partial charge in [0.05, 0.1) is 0 Å². The Morgan fingerprint density at radius 2 is 1.86 bits per heavy atom. The molecule has 0 spiro atoms. The minimum Gasteiger partial charge on any atom is -0.326 e. The fourth-order valence-electron chi connectivity index (χ4n) is 2.21. The topological polar surface area (TPSA) is 46.2 Å². The molecule has 3 nitrogen and oxygen atoms in total. The molecule has 2 rings (SSSR count). The van der Waals surface area contributed by atoms with Crippen LogP contribution in [-0.4, -0.2) is 11.7 Å². The van der Waals surface area contributed by atoms with Crippen LogP contribution in [0.15, 0.2) is 24.3 Å². The van der Waals surface area contributed by atoms with Crippen LogP contribution in [-0.2, 0) is 4.79 Å². The largest absolute Gasteiger partial charge is 0.326 e. The van der Waals surface area contributed by atoms with E-state index in [1.807, 2.05) is 32.9 Å². The van der Waals surface area contributed by atoms with Crippen LogP contribution in [0.25, 0.3) is 0 Å². The number of carbonyl (C=O) groups excluding carboxylic acids is 2. The number of ketones is 1. The molecule has 0 aliphatic heterocycles. The number of thiophene rings is 1. The summed E-state index contributed by atoms with van der Waals surface area (Å²) in [5.74, 6) is -0.164. The average molecular weight is 336 g/mol. The van der Waals surface area contributed by atoms with Gasteiger partial charge < -0.3 is 5.32 Å². The molecule has 1 aromatic heterocycles. The van der Waals surface area contributed by atoms with Crippen molar-refractivity contribution in [1.29, 1.82) is 0 Å². The molecule has 0 atom stereocenters. The van der Waals surface area contributed by atoms with E-state index in [1.165, 1.54) is 0 Å². The minimum atomic E-state index is -0.177. The van der Waals surface area contributed by atoms with Gasteiger partial charge in [-0.3, -0.25) is 9.59 Å². The Bertz CT molecular complexity index is 721. The summed E-state index contributed by atoms with van der Waals surface area (Å²) in [6.45, 7) is 5.80. The lowest BCUT2D eigenvalue weighted by Crippen LogP contribution is -2.14. The first-order valence-corrected chi connectivity index (χ1v) is 8.22. The summed E-state index contributed by atoms with van der Waals surface area (Å²) in [5, 5.41) is 3.38. The molecule has 0 saturated heterocycles. The van der Waals surface area contributed by atoms with E-state index in [-0.39, 0.29) is 24.5 Å². The molecule has 2 aromatic rings. The number of carbonyl (C=O) groups is 2. The van der Waals surface area contributed by atoms with E-state index in [2.05, 4.69) is 5.32 Å². The lowest BCUT2D eigenvalue weighted by molar-refractivity contribution is -0.116. The molecule has 1 heterocycles. The third-order valence-electron chi connectivity index (χ3n) is 3.39. The highest BCUT2D eigenvalue weighted by molar-refractivity contribution is 7.12. The molecule has 1 amide bonds. The van der Waals surface area contributed by atoms with Gasteiger partial charge in [-0.05, 0) is 44.5 Å². The van der Waals surface area contributed by atoms with Crippen LogP contribution in [0.4, 0.5) is 5.69 Å². The Kier molecular flexibility index (Phi) is 5.37. The molecule has 0 radical (unpaired) electrons. The van der Waals surface area contributed by atoms with Crippen molar-refractivity contribution < 1.29 is 9.59 Å².